The third-order valence-corrected chi connectivity index (χ3v) is 10.2. The Morgan fingerprint density at radius 3 is 2.44 bits per heavy atom. The number of piperidine rings is 1. The van der Waals surface area contributed by atoms with E-state index in [1.54, 1.807) is 18.2 Å². The zero-order valence-corrected chi connectivity index (χ0v) is 16.4. The summed E-state index contributed by atoms with van der Waals surface area (Å²) in [7, 11) is -6.88. The third kappa shape index (κ3) is 3.99. The topological polar surface area (TPSA) is 84.7 Å². The molecule has 138 valence electrons. The summed E-state index contributed by atoms with van der Waals surface area (Å²) < 4.78 is 57.2. The van der Waals surface area contributed by atoms with Crippen LogP contribution >= 0.6 is 11.3 Å². The number of nitrogens with zero attached hydrogens (tertiary/aromatic N) is 1. The summed E-state index contributed by atoms with van der Waals surface area (Å²) in [6.45, 7) is 2.44. The van der Waals surface area contributed by atoms with Crippen molar-refractivity contribution in [2.45, 2.75) is 41.4 Å². The smallest absolute Gasteiger partial charge is 0.252 e. The molecule has 0 atom stereocenters. The van der Waals surface area contributed by atoms with E-state index in [1.165, 1.54) is 21.9 Å². The largest absolute Gasteiger partial charge is 0.468 e. The Labute approximate surface area is 152 Å². The van der Waals surface area contributed by atoms with Gasteiger partial charge in [-0.2, -0.15) is 4.31 Å². The van der Waals surface area contributed by atoms with Crippen molar-refractivity contribution in [2.75, 3.05) is 13.1 Å². The Morgan fingerprint density at radius 2 is 1.88 bits per heavy atom. The molecule has 3 heterocycles. The highest BCUT2D eigenvalue weighted by Gasteiger charge is 2.35. The van der Waals surface area contributed by atoms with Gasteiger partial charge in [0, 0.05) is 18.0 Å². The lowest BCUT2D eigenvalue weighted by Gasteiger charge is -2.30. The van der Waals surface area contributed by atoms with Gasteiger partial charge < -0.3 is 4.42 Å². The van der Waals surface area contributed by atoms with Crippen LogP contribution < -0.4 is 0 Å². The fraction of sp³-hybridized carbons (Fsp3) is 0.500. The first-order valence-electron chi connectivity index (χ1n) is 8.16. The van der Waals surface area contributed by atoms with Crippen molar-refractivity contribution >= 4 is 31.2 Å². The summed E-state index contributed by atoms with van der Waals surface area (Å²) in [5.41, 5.74) is 0. The molecule has 0 saturated carbocycles. The lowest BCUT2D eigenvalue weighted by atomic mass is 10.2. The number of hydrogen-bond donors (Lipinski definition) is 0. The van der Waals surface area contributed by atoms with Crippen molar-refractivity contribution in [2.24, 2.45) is 0 Å². The van der Waals surface area contributed by atoms with Crippen LogP contribution in [0.5, 0.6) is 0 Å². The molecule has 9 heteroatoms. The predicted molar refractivity (Wildman–Crippen MR) is 96.8 cm³/mol. The second-order valence-corrected chi connectivity index (χ2v) is 11.7. The van der Waals surface area contributed by atoms with Gasteiger partial charge in [0.15, 0.2) is 9.84 Å². The van der Waals surface area contributed by atoms with E-state index in [0.29, 0.717) is 22.8 Å². The van der Waals surface area contributed by atoms with Crippen LogP contribution in [0.4, 0.5) is 0 Å². The Morgan fingerprint density at radius 1 is 1.16 bits per heavy atom. The minimum atomic E-state index is -3.53. The molecule has 0 N–H and O–H groups in total. The first-order valence-corrected chi connectivity index (χ1v) is 12.1. The van der Waals surface area contributed by atoms with E-state index in [1.807, 2.05) is 13.0 Å². The van der Waals surface area contributed by atoms with Crippen LogP contribution in [0.25, 0.3) is 0 Å². The van der Waals surface area contributed by atoms with Crippen molar-refractivity contribution in [1.29, 1.82) is 0 Å². The lowest BCUT2D eigenvalue weighted by Crippen LogP contribution is -2.42. The van der Waals surface area contributed by atoms with E-state index in [0.717, 1.165) is 11.3 Å². The highest BCUT2D eigenvalue weighted by molar-refractivity contribution is 7.91. The second-order valence-electron chi connectivity index (χ2n) is 6.06. The average Bonchev–Trinajstić information content (AvgIpc) is 3.26. The van der Waals surface area contributed by atoms with Gasteiger partial charge >= 0.3 is 0 Å². The molecule has 1 aliphatic rings. The normalized spacial score (nSPS) is 17.8. The van der Waals surface area contributed by atoms with Crippen LogP contribution in [0, 0.1) is 0 Å². The van der Waals surface area contributed by atoms with Gasteiger partial charge in [-0.3, -0.25) is 0 Å². The summed E-state index contributed by atoms with van der Waals surface area (Å²) in [6, 6.07) is 6.77. The Kier molecular flexibility index (Phi) is 5.38. The second kappa shape index (κ2) is 7.22. The predicted octanol–water partition coefficient (Wildman–Crippen LogP) is 2.67. The van der Waals surface area contributed by atoms with Gasteiger partial charge in [0.1, 0.15) is 15.7 Å². The zero-order valence-electron chi connectivity index (χ0n) is 13.9. The Hall–Kier alpha value is -1.16. The lowest BCUT2D eigenvalue weighted by molar-refractivity contribution is 0.346. The quantitative estimate of drug-likeness (QED) is 0.740. The molecule has 6 nitrogen and oxygen atoms in total. The van der Waals surface area contributed by atoms with Crippen LogP contribution in [0.2, 0.25) is 0 Å². The third-order valence-electron chi connectivity index (χ3n) is 4.41. The number of aryl methyl sites for hydroxylation is 1. The van der Waals surface area contributed by atoms with Gasteiger partial charge in [0.05, 0.1) is 11.5 Å². The van der Waals surface area contributed by atoms with Crippen molar-refractivity contribution < 1.29 is 21.3 Å². The minimum absolute atomic E-state index is 0.137. The Bertz CT molecular complexity index is 905. The first kappa shape index (κ1) is 18.6. The molecule has 0 radical (unpaired) electrons. The summed E-state index contributed by atoms with van der Waals surface area (Å²) in [6.07, 6.45) is 2.88. The van der Waals surface area contributed by atoms with Gasteiger partial charge in [-0.25, -0.2) is 16.8 Å². The maximum atomic E-state index is 12.7. The van der Waals surface area contributed by atoms with E-state index in [-0.39, 0.29) is 18.8 Å². The van der Waals surface area contributed by atoms with Gasteiger partial charge in [-0.05, 0) is 43.5 Å². The molecule has 2 aromatic heterocycles. The van der Waals surface area contributed by atoms with Gasteiger partial charge in [-0.1, -0.05) is 6.92 Å². The summed E-state index contributed by atoms with van der Waals surface area (Å²) in [4.78, 5) is 1.02. The number of sulfone groups is 1. The van der Waals surface area contributed by atoms with E-state index in [9.17, 15) is 16.8 Å². The van der Waals surface area contributed by atoms with Gasteiger partial charge in [0.2, 0.25) is 0 Å². The number of thiophene rings is 1. The maximum absolute atomic E-state index is 12.7. The monoisotopic (exact) mass is 403 g/mol. The maximum Gasteiger partial charge on any atom is 0.252 e. The molecule has 0 aromatic carbocycles. The molecule has 0 bridgehead atoms. The Balaban J connectivity index is 1.67. The molecule has 2 aromatic rings. The summed E-state index contributed by atoms with van der Waals surface area (Å²) >= 11 is 1.28. The van der Waals surface area contributed by atoms with Crippen LogP contribution in [0.3, 0.4) is 0 Å². The molecule has 25 heavy (non-hydrogen) atoms. The molecule has 1 aliphatic heterocycles. The molecular formula is C16H21NO5S3. The molecule has 1 saturated heterocycles. The summed E-state index contributed by atoms with van der Waals surface area (Å²) in [5.74, 6) is 0.281. The molecule has 1 fully saturated rings. The number of sulfonamides is 1. The molecular weight excluding hydrogens is 382 g/mol. The fourth-order valence-corrected chi connectivity index (χ4v) is 7.60. The minimum Gasteiger partial charge on any atom is -0.468 e. The fourth-order valence-electron chi connectivity index (χ4n) is 2.96. The summed E-state index contributed by atoms with van der Waals surface area (Å²) in [5, 5.41) is -0.529. The van der Waals surface area contributed by atoms with E-state index >= 15 is 0 Å². The van der Waals surface area contributed by atoms with E-state index in [4.69, 9.17) is 4.42 Å². The number of furan rings is 1. The molecule has 0 unspecified atom stereocenters. The van der Waals surface area contributed by atoms with Crippen molar-refractivity contribution in [3.05, 3.63) is 41.2 Å². The van der Waals surface area contributed by atoms with Crippen LogP contribution in [-0.4, -0.2) is 39.5 Å². The van der Waals surface area contributed by atoms with Crippen molar-refractivity contribution in [1.82, 2.24) is 4.31 Å². The highest BCUT2D eigenvalue weighted by atomic mass is 32.2. The molecule has 0 aliphatic carbocycles. The number of hydrogen-bond acceptors (Lipinski definition) is 6. The van der Waals surface area contributed by atoms with Crippen LogP contribution in [0.15, 0.2) is 39.2 Å². The molecule has 0 spiro atoms. The van der Waals surface area contributed by atoms with Crippen LogP contribution in [-0.2, 0) is 32.0 Å². The van der Waals surface area contributed by atoms with E-state index in [2.05, 4.69) is 0 Å². The van der Waals surface area contributed by atoms with Crippen LogP contribution in [0.1, 0.15) is 30.4 Å². The molecule has 0 amide bonds. The first-order chi connectivity index (χ1) is 11.8. The van der Waals surface area contributed by atoms with Crippen molar-refractivity contribution in [3.8, 4) is 0 Å². The zero-order chi connectivity index (χ0) is 18.1. The van der Waals surface area contributed by atoms with Gasteiger partial charge in [0.25, 0.3) is 10.0 Å². The SMILES string of the molecule is CCc1ccc(S(=O)(=O)N2CCC(S(=O)(=O)Cc3ccco3)CC2)s1. The average molecular weight is 404 g/mol. The molecule has 3 rings (SSSR count). The van der Waals surface area contributed by atoms with Gasteiger partial charge in [-0.15, -0.1) is 11.3 Å². The standard InChI is InChI=1S/C16H21NO5S3/c1-2-14-5-6-16(23-14)25(20,21)17-9-7-15(8-10-17)24(18,19)12-13-4-3-11-22-13/h3-6,11,15H,2,7-10,12H2,1H3. The highest BCUT2D eigenvalue weighted by Crippen LogP contribution is 2.29. The number of rotatable bonds is 6. The van der Waals surface area contributed by atoms with Crippen molar-refractivity contribution in [3.63, 3.8) is 0 Å². The van der Waals surface area contributed by atoms with E-state index < -0.39 is 25.1 Å².